The molecule has 6 aromatic rings. The van der Waals surface area contributed by atoms with Gasteiger partial charge in [-0.3, -0.25) is 9.78 Å². The number of amides is 1. The van der Waals surface area contributed by atoms with Crippen molar-refractivity contribution in [1.29, 1.82) is 0 Å². The average molecular weight is 821 g/mol. The van der Waals surface area contributed by atoms with Gasteiger partial charge in [-0.15, -0.1) is 0 Å². The van der Waals surface area contributed by atoms with Gasteiger partial charge in [0.25, 0.3) is 5.91 Å². The van der Waals surface area contributed by atoms with Gasteiger partial charge in [-0.2, -0.15) is 0 Å². The lowest BCUT2D eigenvalue weighted by molar-refractivity contribution is 0.0915. The van der Waals surface area contributed by atoms with Crippen LogP contribution in [-0.2, 0) is 25.7 Å². The van der Waals surface area contributed by atoms with Crippen molar-refractivity contribution in [2.45, 2.75) is 92.0 Å². The Morgan fingerprint density at radius 3 is 1.49 bits per heavy atom. The van der Waals surface area contributed by atoms with Crippen molar-refractivity contribution >= 4 is 16.8 Å². The second kappa shape index (κ2) is 20.6. The molecule has 0 fully saturated rings. The van der Waals surface area contributed by atoms with E-state index in [1.807, 2.05) is 43.3 Å². The molecule has 318 valence electrons. The van der Waals surface area contributed by atoms with Gasteiger partial charge in [0, 0.05) is 42.2 Å². The predicted octanol–water partition coefficient (Wildman–Crippen LogP) is 10.8. The highest BCUT2D eigenvalue weighted by Gasteiger charge is 2.26. The van der Waals surface area contributed by atoms with Crippen LogP contribution in [0.15, 0.2) is 97.1 Å². The van der Waals surface area contributed by atoms with Crippen LogP contribution in [0.5, 0.6) is 23.0 Å². The fourth-order valence-corrected chi connectivity index (χ4v) is 8.32. The summed E-state index contributed by atoms with van der Waals surface area (Å²) in [6.07, 6.45) is 5.75. The zero-order valence-electron chi connectivity index (χ0n) is 36.4. The van der Waals surface area contributed by atoms with Gasteiger partial charge in [0.1, 0.15) is 23.0 Å². The normalized spacial score (nSPS) is 12.8. The summed E-state index contributed by atoms with van der Waals surface area (Å²) in [5.74, 6) is 3.15. The molecule has 61 heavy (non-hydrogen) atoms. The minimum Gasteiger partial charge on any atom is -0.493 e. The fourth-order valence-electron chi connectivity index (χ4n) is 8.32. The SMILES string of the molecule is CCCOc1c2cccc1Cc1cccc(c1OCCC)Cc1c(OCCC)c(cc3nc(C)c(C(=O)N[C@@H](CO)c4ccccc4)cc13)Cc1cccc(c1OCCC)C2. The van der Waals surface area contributed by atoms with Crippen LogP contribution in [0.3, 0.4) is 0 Å². The van der Waals surface area contributed by atoms with Crippen LogP contribution >= 0.6 is 0 Å². The second-order valence-corrected chi connectivity index (χ2v) is 16.0. The van der Waals surface area contributed by atoms with E-state index in [-0.39, 0.29) is 12.5 Å². The Labute approximate surface area is 361 Å². The van der Waals surface area contributed by atoms with E-state index < -0.39 is 6.04 Å². The Kier molecular flexibility index (Phi) is 14.6. The number of aryl methyl sites for hydroxylation is 1. The minimum atomic E-state index is -0.574. The molecule has 1 amide bonds. The van der Waals surface area contributed by atoms with Gasteiger partial charge in [-0.1, -0.05) is 113 Å². The number of nitrogens with zero attached hydrogens (tertiary/aromatic N) is 1. The maximum atomic E-state index is 14.2. The zero-order chi connectivity index (χ0) is 42.7. The highest BCUT2D eigenvalue weighted by molar-refractivity contribution is 6.00. The number of ether oxygens (including phenoxy) is 4. The summed E-state index contributed by atoms with van der Waals surface area (Å²) in [5.41, 5.74) is 11.1. The van der Waals surface area contributed by atoms with Gasteiger partial charge >= 0.3 is 0 Å². The summed E-state index contributed by atoms with van der Waals surface area (Å²) in [4.78, 5) is 19.4. The highest BCUT2D eigenvalue weighted by Crippen LogP contribution is 2.42. The minimum absolute atomic E-state index is 0.238. The predicted molar refractivity (Wildman–Crippen MR) is 244 cm³/mol. The Morgan fingerprint density at radius 2 is 1.03 bits per heavy atom. The van der Waals surface area contributed by atoms with E-state index in [0.29, 0.717) is 63.4 Å². The molecule has 0 saturated heterocycles. The van der Waals surface area contributed by atoms with E-state index >= 15 is 0 Å². The van der Waals surface area contributed by atoms with Gasteiger partial charge in [0.15, 0.2) is 0 Å². The molecule has 7 rings (SSSR count). The number of nitrogens with one attached hydrogen (secondary N) is 1. The van der Waals surface area contributed by atoms with Crippen LogP contribution in [0.1, 0.15) is 126 Å². The summed E-state index contributed by atoms with van der Waals surface area (Å²) >= 11 is 0. The molecule has 1 atom stereocenters. The number of rotatable bonds is 16. The first kappa shape index (κ1) is 43.2. The third-order valence-corrected chi connectivity index (χ3v) is 11.2. The number of aliphatic hydroxyl groups excluding tert-OH is 1. The highest BCUT2D eigenvalue weighted by atomic mass is 16.5. The van der Waals surface area contributed by atoms with Gasteiger partial charge in [0.2, 0.25) is 0 Å². The average Bonchev–Trinajstić information content (AvgIpc) is 3.27. The van der Waals surface area contributed by atoms with E-state index in [4.69, 9.17) is 23.9 Å². The van der Waals surface area contributed by atoms with Crippen LogP contribution in [0.25, 0.3) is 10.9 Å². The first-order chi connectivity index (χ1) is 29.9. The summed E-state index contributed by atoms with van der Waals surface area (Å²) in [7, 11) is 0. The number of aromatic nitrogens is 1. The van der Waals surface area contributed by atoms with Crippen molar-refractivity contribution in [2.24, 2.45) is 0 Å². The summed E-state index contributed by atoms with van der Waals surface area (Å²) in [6, 6.07) is 32.4. The summed E-state index contributed by atoms with van der Waals surface area (Å²) in [6.45, 7) is 12.4. The largest absolute Gasteiger partial charge is 0.493 e. The molecule has 5 aromatic carbocycles. The first-order valence-electron chi connectivity index (χ1n) is 22.1. The van der Waals surface area contributed by atoms with Crippen molar-refractivity contribution in [1.82, 2.24) is 10.3 Å². The Bertz CT molecular complexity index is 2440. The lowest BCUT2D eigenvalue weighted by Crippen LogP contribution is -2.31. The molecule has 1 heterocycles. The molecule has 1 aliphatic rings. The molecule has 1 aliphatic carbocycles. The van der Waals surface area contributed by atoms with E-state index in [1.54, 1.807) is 0 Å². The number of carbonyl (C=O) groups excluding carboxylic acids is 1. The molecule has 2 N–H and O–H groups in total. The maximum absolute atomic E-state index is 14.2. The number of para-hydroxylation sites is 3. The quantitative estimate of drug-likeness (QED) is 0.100. The van der Waals surface area contributed by atoms with Crippen molar-refractivity contribution < 1.29 is 28.8 Å². The number of fused-ring (bicyclic) bond motifs is 10. The van der Waals surface area contributed by atoms with Gasteiger partial charge in [0.05, 0.1) is 55.9 Å². The number of carbonyl (C=O) groups is 1. The third kappa shape index (κ3) is 9.87. The molecular formula is C53H60N2O6. The first-order valence-corrected chi connectivity index (χ1v) is 22.1. The van der Waals surface area contributed by atoms with Crippen LogP contribution < -0.4 is 24.3 Å². The molecule has 0 radical (unpaired) electrons. The third-order valence-electron chi connectivity index (χ3n) is 11.2. The molecule has 0 spiro atoms. The summed E-state index contributed by atoms with van der Waals surface area (Å²) in [5, 5.41) is 14.3. The number of hydrogen-bond donors (Lipinski definition) is 2. The molecule has 8 nitrogen and oxygen atoms in total. The van der Waals surface area contributed by atoms with Gasteiger partial charge in [-0.25, -0.2) is 0 Å². The van der Waals surface area contributed by atoms with E-state index in [2.05, 4.69) is 93.7 Å². The molecule has 0 aliphatic heterocycles. The van der Waals surface area contributed by atoms with E-state index in [0.717, 1.165) is 110 Å². The molecular weight excluding hydrogens is 761 g/mol. The molecule has 0 saturated carbocycles. The smallest absolute Gasteiger partial charge is 0.253 e. The summed E-state index contributed by atoms with van der Waals surface area (Å²) < 4.78 is 26.9. The second-order valence-electron chi connectivity index (χ2n) is 16.0. The Hall–Kier alpha value is -5.86. The number of aliphatic hydroxyl groups is 1. The van der Waals surface area contributed by atoms with Gasteiger partial charge in [-0.05, 0) is 83.7 Å². The topological polar surface area (TPSA) is 99.1 Å². The molecule has 8 bridgehead atoms. The van der Waals surface area contributed by atoms with E-state index in [9.17, 15) is 9.90 Å². The molecule has 1 aromatic heterocycles. The lowest BCUT2D eigenvalue weighted by atomic mass is 9.89. The maximum Gasteiger partial charge on any atom is 0.253 e. The molecule has 8 heteroatoms. The lowest BCUT2D eigenvalue weighted by Gasteiger charge is -2.24. The Morgan fingerprint density at radius 1 is 0.590 bits per heavy atom. The monoisotopic (exact) mass is 820 g/mol. The van der Waals surface area contributed by atoms with Crippen molar-refractivity contribution in [3.8, 4) is 23.0 Å². The number of hydrogen-bond acceptors (Lipinski definition) is 7. The number of pyridine rings is 1. The van der Waals surface area contributed by atoms with Gasteiger partial charge < -0.3 is 29.4 Å². The van der Waals surface area contributed by atoms with E-state index in [1.165, 1.54) is 0 Å². The Balaban J connectivity index is 1.48. The van der Waals surface area contributed by atoms with Crippen LogP contribution in [0, 0.1) is 6.92 Å². The van der Waals surface area contributed by atoms with Crippen molar-refractivity contribution in [3.63, 3.8) is 0 Å². The fraction of sp³-hybridized carbons (Fsp3) is 0.358. The van der Waals surface area contributed by atoms with Crippen LogP contribution in [0.4, 0.5) is 0 Å². The molecule has 0 unspecified atom stereocenters. The van der Waals surface area contributed by atoms with Crippen molar-refractivity contribution in [3.05, 3.63) is 158 Å². The van der Waals surface area contributed by atoms with Crippen molar-refractivity contribution in [2.75, 3.05) is 33.0 Å². The van der Waals surface area contributed by atoms with Crippen LogP contribution in [0.2, 0.25) is 0 Å². The number of benzene rings is 5. The standard InChI is InChI=1S/C53H60N2O6/c1-6-24-58-49-37-18-13-19-38(49)29-40-21-15-23-42(51(40)60-26-8-3)31-46-45-33-44(53(57)55-48(34-56)36-16-11-10-12-17-36)35(5)54-47(45)32-43(52(46)61-27-9-4)30-41-22-14-20-39(28-37)50(41)59-25-7-2/h10-23,32-33,48,56H,6-9,24-31,34H2,1-5H3,(H,55,57)/t48-/m0/s1. The zero-order valence-corrected chi connectivity index (χ0v) is 36.4. The van der Waals surface area contributed by atoms with Crippen LogP contribution in [-0.4, -0.2) is 49.0 Å².